The van der Waals surface area contributed by atoms with Gasteiger partial charge in [-0.3, -0.25) is 4.79 Å². The number of hydrogen-bond acceptors (Lipinski definition) is 4. The summed E-state index contributed by atoms with van der Waals surface area (Å²) in [7, 11) is 5.60. The Morgan fingerprint density at radius 1 is 1.40 bits per heavy atom. The van der Waals surface area contributed by atoms with E-state index in [1.54, 1.807) is 7.11 Å². The maximum Gasteiger partial charge on any atom is 0.224 e. The van der Waals surface area contributed by atoms with Gasteiger partial charge in [-0.2, -0.15) is 0 Å². The number of amides is 1. The molecular formula is C15H21NO2S2. The molecule has 0 bridgehead atoms. The van der Waals surface area contributed by atoms with Gasteiger partial charge in [0.1, 0.15) is 5.75 Å². The van der Waals surface area contributed by atoms with Gasteiger partial charge in [-0.1, -0.05) is 40.1 Å². The topological polar surface area (TPSA) is 38.3 Å². The molecule has 1 atom stereocenters. The number of unbranched alkanes of at least 4 members (excludes halogenated alkanes) is 1. The summed E-state index contributed by atoms with van der Waals surface area (Å²) >= 11 is 0. The van der Waals surface area contributed by atoms with Crippen LogP contribution in [0.5, 0.6) is 5.75 Å². The Balaban J connectivity index is 1.67. The quantitative estimate of drug-likeness (QED) is 0.600. The minimum Gasteiger partial charge on any atom is -0.495 e. The molecule has 0 unspecified atom stereocenters. The van der Waals surface area contributed by atoms with Gasteiger partial charge in [-0.05, 0) is 31.4 Å². The molecule has 1 aliphatic rings. The Labute approximate surface area is 128 Å². The Bertz CT molecular complexity index is 434. The molecular weight excluding hydrogens is 290 g/mol. The highest BCUT2D eigenvalue weighted by molar-refractivity contribution is 8.77. The molecule has 20 heavy (non-hydrogen) atoms. The van der Waals surface area contributed by atoms with Crippen molar-refractivity contribution in [1.82, 2.24) is 0 Å². The number of carbonyl (C=O) groups excluding carboxylic acids is 1. The van der Waals surface area contributed by atoms with Crippen LogP contribution < -0.4 is 10.1 Å². The smallest absolute Gasteiger partial charge is 0.224 e. The van der Waals surface area contributed by atoms with Gasteiger partial charge in [0.25, 0.3) is 0 Å². The van der Waals surface area contributed by atoms with E-state index in [0.717, 1.165) is 23.8 Å². The summed E-state index contributed by atoms with van der Waals surface area (Å²) < 4.78 is 5.22. The lowest BCUT2D eigenvalue weighted by atomic mass is 10.1. The van der Waals surface area contributed by atoms with E-state index in [1.807, 2.05) is 45.9 Å². The Hall–Kier alpha value is -0.810. The fourth-order valence-electron chi connectivity index (χ4n) is 2.18. The van der Waals surface area contributed by atoms with E-state index in [4.69, 9.17) is 4.74 Å². The molecule has 5 heteroatoms. The molecule has 0 spiro atoms. The van der Waals surface area contributed by atoms with Crippen LogP contribution in [0.4, 0.5) is 5.69 Å². The van der Waals surface area contributed by atoms with Crippen LogP contribution >= 0.6 is 21.6 Å². The molecule has 1 aromatic rings. The number of ether oxygens (including phenoxy) is 1. The highest BCUT2D eigenvalue weighted by Crippen LogP contribution is 2.39. The first-order valence-corrected chi connectivity index (χ1v) is 9.39. The summed E-state index contributed by atoms with van der Waals surface area (Å²) in [5, 5.41) is 3.72. The predicted molar refractivity (Wildman–Crippen MR) is 88.5 cm³/mol. The van der Waals surface area contributed by atoms with Crippen LogP contribution in [0, 0.1) is 0 Å². The molecule has 1 saturated heterocycles. The molecule has 0 aliphatic carbocycles. The average molecular weight is 311 g/mol. The summed E-state index contributed by atoms with van der Waals surface area (Å²) in [4.78, 5) is 11.9. The highest BCUT2D eigenvalue weighted by Gasteiger charge is 2.15. The molecule has 1 aliphatic heterocycles. The lowest BCUT2D eigenvalue weighted by molar-refractivity contribution is -0.116. The molecule has 3 nitrogen and oxygen atoms in total. The number of nitrogens with one attached hydrogen (secondary N) is 1. The number of anilines is 1. The fraction of sp³-hybridized carbons (Fsp3) is 0.533. The molecule has 0 aromatic heterocycles. The van der Waals surface area contributed by atoms with E-state index < -0.39 is 0 Å². The SMILES string of the molecule is COc1ccccc1NC(=O)CCCC[C@@H]1CCSS1. The van der Waals surface area contributed by atoms with Gasteiger partial charge in [-0.25, -0.2) is 0 Å². The van der Waals surface area contributed by atoms with Crippen molar-refractivity contribution < 1.29 is 9.53 Å². The van der Waals surface area contributed by atoms with Crippen LogP contribution in [0.3, 0.4) is 0 Å². The van der Waals surface area contributed by atoms with Gasteiger partial charge >= 0.3 is 0 Å². The van der Waals surface area contributed by atoms with E-state index in [2.05, 4.69) is 5.32 Å². The second-order valence-corrected chi connectivity index (χ2v) is 7.61. The third-order valence-electron chi connectivity index (χ3n) is 3.29. The van der Waals surface area contributed by atoms with Crippen molar-refractivity contribution >= 4 is 33.2 Å². The van der Waals surface area contributed by atoms with Crippen molar-refractivity contribution in [3.05, 3.63) is 24.3 Å². The fourth-order valence-corrected chi connectivity index (χ4v) is 5.21. The van der Waals surface area contributed by atoms with E-state index in [0.29, 0.717) is 12.2 Å². The number of rotatable bonds is 7. The molecule has 0 saturated carbocycles. The first-order chi connectivity index (χ1) is 9.79. The van der Waals surface area contributed by atoms with Crippen LogP contribution in [0.2, 0.25) is 0 Å². The Kier molecular flexibility index (Phi) is 6.60. The van der Waals surface area contributed by atoms with Gasteiger partial charge < -0.3 is 10.1 Å². The van der Waals surface area contributed by atoms with Gasteiger partial charge in [0.2, 0.25) is 5.91 Å². The maximum absolute atomic E-state index is 11.9. The van der Waals surface area contributed by atoms with Crippen molar-refractivity contribution in [1.29, 1.82) is 0 Å². The molecule has 1 aromatic carbocycles. The summed E-state index contributed by atoms with van der Waals surface area (Å²) in [6.45, 7) is 0. The van der Waals surface area contributed by atoms with Crippen molar-refractivity contribution in [3.8, 4) is 5.75 Å². The standard InChI is InChI=1S/C15H21NO2S2/c1-18-14-8-4-3-7-13(14)16-15(17)9-5-2-6-12-10-11-19-20-12/h3-4,7-8,12H,2,5-6,9-11H2,1H3,(H,16,17)/t12-/m1/s1. The number of benzene rings is 1. The Morgan fingerprint density at radius 2 is 2.25 bits per heavy atom. The summed E-state index contributed by atoms with van der Waals surface area (Å²) in [6.07, 6.45) is 5.24. The average Bonchev–Trinajstić information content (AvgIpc) is 2.97. The number of para-hydroxylation sites is 2. The van der Waals surface area contributed by atoms with Crippen LogP contribution in [0.15, 0.2) is 24.3 Å². The normalized spacial score (nSPS) is 17.9. The van der Waals surface area contributed by atoms with Crippen LogP contribution in [-0.2, 0) is 4.79 Å². The van der Waals surface area contributed by atoms with Crippen molar-refractivity contribution in [2.75, 3.05) is 18.2 Å². The van der Waals surface area contributed by atoms with Crippen molar-refractivity contribution in [2.45, 2.75) is 37.4 Å². The van der Waals surface area contributed by atoms with E-state index in [1.165, 1.54) is 18.6 Å². The first-order valence-electron chi connectivity index (χ1n) is 7.00. The van der Waals surface area contributed by atoms with Gasteiger partial charge in [-0.15, -0.1) is 0 Å². The third kappa shape index (κ3) is 4.94. The lowest BCUT2D eigenvalue weighted by Crippen LogP contribution is -2.12. The highest BCUT2D eigenvalue weighted by atomic mass is 33.1. The molecule has 1 N–H and O–H groups in total. The largest absolute Gasteiger partial charge is 0.495 e. The van der Waals surface area contributed by atoms with Crippen LogP contribution in [-0.4, -0.2) is 24.0 Å². The van der Waals surface area contributed by atoms with Crippen molar-refractivity contribution in [2.24, 2.45) is 0 Å². The van der Waals surface area contributed by atoms with Crippen LogP contribution in [0.1, 0.15) is 32.1 Å². The molecule has 1 heterocycles. The molecule has 2 rings (SSSR count). The number of hydrogen-bond donors (Lipinski definition) is 1. The second kappa shape index (κ2) is 8.47. The van der Waals surface area contributed by atoms with Crippen molar-refractivity contribution in [3.63, 3.8) is 0 Å². The van der Waals surface area contributed by atoms with Crippen LogP contribution in [0.25, 0.3) is 0 Å². The minimum absolute atomic E-state index is 0.0722. The Morgan fingerprint density at radius 3 is 3.00 bits per heavy atom. The number of methoxy groups -OCH3 is 1. The molecule has 1 amide bonds. The van der Waals surface area contributed by atoms with Gasteiger partial charge in [0, 0.05) is 17.4 Å². The van der Waals surface area contributed by atoms with Gasteiger partial charge in [0.05, 0.1) is 12.8 Å². The number of carbonyl (C=O) groups is 1. The van der Waals surface area contributed by atoms with E-state index >= 15 is 0 Å². The summed E-state index contributed by atoms with van der Waals surface area (Å²) in [6, 6.07) is 7.51. The van der Waals surface area contributed by atoms with E-state index in [-0.39, 0.29) is 5.91 Å². The summed E-state index contributed by atoms with van der Waals surface area (Å²) in [5.41, 5.74) is 0.753. The van der Waals surface area contributed by atoms with Gasteiger partial charge in [0.15, 0.2) is 0 Å². The van der Waals surface area contributed by atoms with E-state index in [9.17, 15) is 4.79 Å². The lowest BCUT2D eigenvalue weighted by Gasteiger charge is -2.10. The third-order valence-corrected chi connectivity index (χ3v) is 6.30. The maximum atomic E-state index is 11.9. The zero-order valence-corrected chi connectivity index (χ0v) is 13.4. The zero-order valence-electron chi connectivity index (χ0n) is 11.8. The zero-order chi connectivity index (χ0) is 14.2. The predicted octanol–water partition coefficient (Wildman–Crippen LogP) is 4.35. The molecule has 1 fully saturated rings. The second-order valence-electron chi connectivity index (χ2n) is 4.82. The monoisotopic (exact) mass is 311 g/mol. The first kappa shape index (κ1) is 15.6. The minimum atomic E-state index is 0.0722. The molecule has 0 radical (unpaired) electrons. The summed E-state index contributed by atoms with van der Waals surface area (Å²) in [5.74, 6) is 2.06. The molecule has 110 valence electrons.